The number of benzene rings is 1. The van der Waals surface area contributed by atoms with Crippen molar-refractivity contribution >= 4 is 25.0 Å². The van der Waals surface area contributed by atoms with Gasteiger partial charge in [0.2, 0.25) is 11.8 Å². The monoisotopic (exact) mass is 556 g/mol. The molecule has 40 heavy (non-hydrogen) atoms. The van der Waals surface area contributed by atoms with E-state index in [1.54, 1.807) is 9.80 Å². The number of rotatable bonds is 10. The molecule has 0 spiro atoms. The van der Waals surface area contributed by atoms with E-state index in [0.717, 1.165) is 25.7 Å². The summed E-state index contributed by atoms with van der Waals surface area (Å²) < 4.78 is 18.0. The molecule has 3 heterocycles. The second kappa shape index (κ2) is 13.4. The Morgan fingerprint density at radius 1 is 0.900 bits per heavy atom. The first kappa shape index (κ1) is 30.3. The lowest BCUT2D eigenvalue weighted by Crippen LogP contribution is -2.57. The van der Waals surface area contributed by atoms with E-state index in [4.69, 9.17) is 14.0 Å². The van der Waals surface area contributed by atoms with Crippen LogP contribution >= 0.6 is 0 Å². The van der Waals surface area contributed by atoms with Crippen molar-refractivity contribution in [3.05, 3.63) is 35.9 Å². The maximum atomic E-state index is 13.8. The quantitative estimate of drug-likeness (QED) is 0.429. The van der Waals surface area contributed by atoms with E-state index in [1.165, 1.54) is 5.56 Å². The lowest BCUT2D eigenvalue weighted by atomic mass is 9.75. The molecule has 0 bridgehead atoms. The summed E-state index contributed by atoms with van der Waals surface area (Å²) in [4.78, 5) is 43.3. The highest BCUT2D eigenvalue weighted by Gasteiger charge is 2.54. The molecule has 3 fully saturated rings. The zero-order valence-corrected chi connectivity index (χ0v) is 24.4. The fourth-order valence-electron chi connectivity index (χ4n) is 5.27. The molecule has 4 rings (SSSR count). The van der Waals surface area contributed by atoms with Crippen molar-refractivity contribution in [3.8, 4) is 0 Å². The van der Waals surface area contributed by atoms with Crippen molar-refractivity contribution in [3.63, 3.8) is 0 Å². The van der Waals surface area contributed by atoms with E-state index < -0.39 is 36.2 Å². The Hall–Kier alpha value is -2.63. The third kappa shape index (κ3) is 7.76. The van der Waals surface area contributed by atoms with Crippen LogP contribution in [0.3, 0.4) is 0 Å². The Kier molecular flexibility index (Phi) is 10.1. The molecule has 0 aromatic heterocycles. The van der Waals surface area contributed by atoms with E-state index in [9.17, 15) is 14.4 Å². The van der Waals surface area contributed by atoms with E-state index >= 15 is 0 Å². The van der Waals surface area contributed by atoms with Crippen molar-refractivity contribution in [1.82, 2.24) is 20.4 Å². The maximum absolute atomic E-state index is 13.8. The fraction of sp³-hybridized carbons (Fsp3) is 0.690. The molecular formula is C29H45BN4O6. The predicted octanol–water partition coefficient (Wildman–Crippen LogP) is 2.55. The Bertz CT molecular complexity index is 995. The lowest BCUT2D eigenvalue weighted by Gasteiger charge is -2.32. The number of amides is 4. The Labute approximate surface area is 238 Å². The Balaban J connectivity index is 1.48. The Morgan fingerprint density at radius 3 is 2.15 bits per heavy atom. The molecule has 2 N–H and O–H groups in total. The average Bonchev–Trinajstić information content (AvgIpc) is 3.54. The summed E-state index contributed by atoms with van der Waals surface area (Å²) in [6.45, 7) is 11.1. The molecule has 2 unspecified atom stereocenters. The lowest BCUT2D eigenvalue weighted by molar-refractivity contribution is -0.138. The van der Waals surface area contributed by atoms with E-state index in [-0.39, 0.29) is 18.4 Å². The van der Waals surface area contributed by atoms with Gasteiger partial charge in [-0.3, -0.25) is 9.59 Å². The number of carbonyl (C=O) groups is 3. The zero-order valence-electron chi connectivity index (χ0n) is 24.4. The van der Waals surface area contributed by atoms with Gasteiger partial charge in [-0.1, -0.05) is 30.3 Å². The summed E-state index contributed by atoms with van der Waals surface area (Å²) in [5, 5.41) is 5.96. The number of hydrogen-bond acceptors (Lipinski definition) is 6. The summed E-state index contributed by atoms with van der Waals surface area (Å²) >= 11 is 0. The van der Waals surface area contributed by atoms with Gasteiger partial charge in [0.1, 0.15) is 6.04 Å². The highest BCUT2D eigenvalue weighted by Crippen LogP contribution is 2.38. The zero-order chi connectivity index (χ0) is 28.8. The van der Waals surface area contributed by atoms with Crippen LogP contribution in [-0.4, -0.2) is 97.3 Å². The normalized spacial score (nSPS) is 21.6. The summed E-state index contributed by atoms with van der Waals surface area (Å²) in [6.07, 6.45) is 4.01. The smallest absolute Gasteiger partial charge is 0.402 e. The predicted molar refractivity (Wildman–Crippen MR) is 153 cm³/mol. The molecule has 2 atom stereocenters. The van der Waals surface area contributed by atoms with Gasteiger partial charge in [-0.15, -0.1) is 0 Å². The van der Waals surface area contributed by atoms with Gasteiger partial charge in [0.15, 0.2) is 0 Å². The van der Waals surface area contributed by atoms with Crippen molar-refractivity contribution in [1.29, 1.82) is 0 Å². The van der Waals surface area contributed by atoms with Crippen LogP contribution in [0.15, 0.2) is 30.3 Å². The SMILES string of the molecule is CC1(C)OB(C(CCCc2ccccc2)NC(=O)C(CC(=O)N2CCOCC2)NC(=O)N2CCCC2)OC1(C)C. The number of nitrogens with zero attached hydrogens (tertiary/aromatic N) is 2. The highest BCUT2D eigenvalue weighted by molar-refractivity contribution is 6.48. The third-order valence-corrected chi connectivity index (χ3v) is 8.50. The molecule has 0 aliphatic carbocycles. The first-order valence-electron chi connectivity index (χ1n) is 14.7. The van der Waals surface area contributed by atoms with Crippen LogP contribution in [0.2, 0.25) is 0 Å². The second-order valence-corrected chi connectivity index (χ2v) is 12.0. The molecular weight excluding hydrogens is 511 g/mol. The average molecular weight is 557 g/mol. The second-order valence-electron chi connectivity index (χ2n) is 12.0. The van der Waals surface area contributed by atoms with Crippen molar-refractivity contribution in [2.75, 3.05) is 39.4 Å². The number of morpholine rings is 1. The topological polar surface area (TPSA) is 109 Å². The minimum Gasteiger partial charge on any atom is -0.402 e. The minimum absolute atomic E-state index is 0.120. The standard InChI is InChI=1S/C29H45BN4O6/c1-28(2)29(3,4)40-30(39-28)24(14-10-13-22-11-6-5-7-12-22)32-26(36)23(31-27(37)34-15-8-9-16-34)21-25(35)33-17-19-38-20-18-33/h5-7,11-12,23-24H,8-10,13-21H2,1-4H3,(H,31,37)(H,32,36). The van der Waals surface area contributed by atoms with Crippen molar-refractivity contribution in [2.24, 2.45) is 0 Å². The molecule has 3 aliphatic heterocycles. The summed E-state index contributed by atoms with van der Waals surface area (Å²) in [5.74, 6) is -1.04. The van der Waals surface area contributed by atoms with E-state index in [0.29, 0.717) is 45.8 Å². The third-order valence-electron chi connectivity index (χ3n) is 8.50. The fourth-order valence-corrected chi connectivity index (χ4v) is 5.27. The molecule has 11 heteroatoms. The van der Waals surface area contributed by atoms with Crippen LogP contribution < -0.4 is 10.6 Å². The van der Waals surface area contributed by atoms with Gasteiger partial charge >= 0.3 is 13.1 Å². The number of ether oxygens (including phenoxy) is 1. The van der Waals surface area contributed by atoms with Crippen LogP contribution in [0, 0.1) is 0 Å². The molecule has 1 aromatic carbocycles. The van der Waals surface area contributed by atoms with Gasteiger partial charge in [-0.05, 0) is 65.4 Å². The molecule has 3 aliphatic rings. The van der Waals surface area contributed by atoms with E-state index in [1.807, 2.05) is 45.9 Å². The number of nitrogens with one attached hydrogen (secondary N) is 2. The van der Waals surface area contributed by atoms with Crippen LogP contribution in [0.1, 0.15) is 65.4 Å². The van der Waals surface area contributed by atoms with Crippen LogP contribution in [0.5, 0.6) is 0 Å². The highest BCUT2D eigenvalue weighted by atomic mass is 16.7. The summed E-state index contributed by atoms with van der Waals surface area (Å²) in [6, 6.07) is 8.87. The first-order valence-corrected chi connectivity index (χ1v) is 14.7. The number of likely N-dealkylation sites (tertiary alicyclic amines) is 1. The molecule has 4 amide bonds. The number of hydrogen-bond donors (Lipinski definition) is 2. The van der Waals surface area contributed by atoms with Crippen LogP contribution in [0.25, 0.3) is 0 Å². The molecule has 220 valence electrons. The molecule has 0 radical (unpaired) electrons. The van der Waals surface area contributed by atoms with Crippen LogP contribution in [0.4, 0.5) is 4.79 Å². The van der Waals surface area contributed by atoms with Gasteiger partial charge in [0.25, 0.3) is 0 Å². The van der Waals surface area contributed by atoms with Gasteiger partial charge < -0.3 is 34.5 Å². The van der Waals surface area contributed by atoms with Gasteiger partial charge in [0.05, 0.1) is 36.8 Å². The van der Waals surface area contributed by atoms with Crippen LogP contribution in [-0.2, 0) is 30.1 Å². The molecule has 1 aromatic rings. The largest absolute Gasteiger partial charge is 0.481 e. The molecule has 0 saturated carbocycles. The number of carbonyl (C=O) groups excluding carboxylic acids is 3. The maximum Gasteiger partial charge on any atom is 0.481 e. The molecule has 3 saturated heterocycles. The van der Waals surface area contributed by atoms with Gasteiger partial charge in [0, 0.05) is 26.2 Å². The Morgan fingerprint density at radius 2 is 1.52 bits per heavy atom. The van der Waals surface area contributed by atoms with Gasteiger partial charge in [-0.2, -0.15) is 0 Å². The summed E-state index contributed by atoms with van der Waals surface area (Å²) in [7, 11) is -0.658. The van der Waals surface area contributed by atoms with Crippen molar-refractivity contribution in [2.45, 2.75) is 89.4 Å². The van der Waals surface area contributed by atoms with Crippen molar-refractivity contribution < 1.29 is 28.4 Å². The summed E-state index contributed by atoms with van der Waals surface area (Å²) in [5.41, 5.74) is 0.0965. The number of urea groups is 1. The van der Waals surface area contributed by atoms with Gasteiger partial charge in [-0.25, -0.2) is 4.79 Å². The molecule has 10 nitrogen and oxygen atoms in total. The van der Waals surface area contributed by atoms with E-state index in [2.05, 4.69) is 22.8 Å². The minimum atomic E-state index is -1.01. The first-order chi connectivity index (χ1) is 19.1. The number of aryl methyl sites for hydroxylation is 1.